The molecule has 0 saturated heterocycles. The molecule has 0 aliphatic heterocycles. The maximum Gasteiger partial charge on any atom is 0.259 e. The zero-order valence-corrected chi connectivity index (χ0v) is 13.1. The summed E-state index contributed by atoms with van der Waals surface area (Å²) in [7, 11) is 0. The highest BCUT2D eigenvalue weighted by atomic mass is 16.5. The molecule has 4 heteroatoms. The third-order valence-corrected chi connectivity index (χ3v) is 3.89. The molecular formula is C18H20N2O2. The number of nitrogens with zero attached hydrogens (tertiary/aromatic N) is 1. The van der Waals surface area contributed by atoms with Gasteiger partial charge in [-0.15, -0.1) is 0 Å². The number of ether oxygens (including phenoxy) is 1. The van der Waals surface area contributed by atoms with E-state index in [1.54, 1.807) is 6.92 Å². The quantitative estimate of drug-likeness (QED) is 0.921. The topological polar surface area (TPSA) is 62.1 Å². The molecule has 0 radical (unpaired) electrons. The Hall–Kier alpha value is -2.54. The summed E-state index contributed by atoms with van der Waals surface area (Å²) in [6.45, 7) is 5.40. The average molecular weight is 296 g/mol. The number of benzene rings is 2. The van der Waals surface area contributed by atoms with Gasteiger partial charge in [0.15, 0.2) is 6.61 Å². The molecule has 0 saturated carbocycles. The lowest BCUT2D eigenvalue weighted by Crippen LogP contribution is -2.50. The fraction of sp³-hybridized carbons (Fsp3) is 0.333. The number of hydrogen-bond donors (Lipinski definition) is 1. The van der Waals surface area contributed by atoms with Crippen LogP contribution in [0.3, 0.4) is 0 Å². The molecule has 0 unspecified atom stereocenters. The molecule has 0 heterocycles. The molecular weight excluding hydrogens is 276 g/mol. The summed E-state index contributed by atoms with van der Waals surface area (Å²) < 4.78 is 5.63. The van der Waals surface area contributed by atoms with Crippen molar-refractivity contribution in [2.24, 2.45) is 5.92 Å². The van der Waals surface area contributed by atoms with Gasteiger partial charge in [0.1, 0.15) is 11.3 Å². The molecule has 2 aromatic rings. The van der Waals surface area contributed by atoms with Crippen molar-refractivity contribution in [2.75, 3.05) is 6.61 Å². The van der Waals surface area contributed by atoms with Crippen LogP contribution in [-0.4, -0.2) is 18.1 Å². The van der Waals surface area contributed by atoms with Gasteiger partial charge in [-0.2, -0.15) is 5.26 Å². The highest BCUT2D eigenvalue weighted by molar-refractivity contribution is 5.88. The van der Waals surface area contributed by atoms with Crippen LogP contribution in [0.1, 0.15) is 20.8 Å². The van der Waals surface area contributed by atoms with Crippen molar-refractivity contribution in [1.29, 1.82) is 5.26 Å². The Morgan fingerprint density at radius 1 is 1.27 bits per heavy atom. The highest BCUT2D eigenvalue weighted by Crippen LogP contribution is 2.25. The monoisotopic (exact) mass is 296 g/mol. The van der Waals surface area contributed by atoms with Crippen molar-refractivity contribution in [1.82, 2.24) is 5.32 Å². The number of rotatable bonds is 5. The van der Waals surface area contributed by atoms with E-state index in [9.17, 15) is 10.1 Å². The Morgan fingerprint density at radius 2 is 1.95 bits per heavy atom. The van der Waals surface area contributed by atoms with Gasteiger partial charge in [0.05, 0.1) is 6.07 Å². The van der Waals surface area contributed by atoms with Gasteiger partial charge in [-0.3, -0.25) is 4.79 Å². The minimum atomic E-state index is -0.890. The van der Waals surface area contributed by atoms with Crippen LogP contribution in [0, 0.1) is 17.2 Å². The van der Waals surface area contributed by atoms with Gasteiger partial charge in [-0.1, -0.05) is 50.2 Å². The molecule has 114 valence electrons. The fourth-order valence-corrected chi connectivity index (χ4v) is 2.09. The van der Waals surface area contributed by atoms with Gasteiger partial charge < -0.3 is 10.1 Å². The molecule has 2 rings (SSSR count). The van der Waals surface area contributed by atoms with Gasteiger partial charge in [-0.05, 0) is 24.3 Å². The Labute approximate surface area is 130 Å². The summed E-state index contributed by atoms with van der Waals surface area (Å²) in [5.74, 6) is 0.376. The Balaban J connectivity index is 2.06. The summed E-state index contributed by atoms with van der Waals surface area (Å²) >= 11 is 0. The average Bonchev–Trinajstić information content (AvgIpc) is 2.52. The van der Waals surface area contributed by atoms with Crippen molar-refractivity contribution in [2.45, 2.75) is 26.3 Å². The van der Waals surface area contributed by atoms with Crippen LogP contribution in [0.5, 0.6) is 5.75 Å². The van der Waals surface area contributed by atoms with Crippen molar-refractivity contribution in [3.8, 4) is 11.8 Å². The zero-order chi connectivity index (χ0) is 16.2. The lowest BCUT2D eigenvalue weighted by molar-refractivity contribution is -0.124. The maximum absolute atomic E-state index is 12.0. The molecule has 0 spiro atoms. The van der Waals surface area contributed by atoms with E-state index in [0.717, 1.165) is 10.8 Å². The Morgan fingerprint density at radius 3 is 2.64 bits per heavy atom. The number of amides is 1. The first-order valence-corrected chi connectivity index (χ1v) is 7.29. The van der Waals surface area contributed by atoms with Crippen LogP contribution in [0.2, 0.25) is 0 Å². The van der Waals surface area contributed by atoms with E-state index < -0.39 is 5.54 Å². The number of carbonyl (C=O) groups is 1. The first kappa shape index (κ1) is 15.8. The van der Waals surface area contributed by atoms with E-state index in [0.29, 0.717) is 5.75 Å². The summed E-state index contributed by atoms with van der Waals surface area (Å²) in [6.07, 6.45) is 0. The van der Waals surface area contributed by atoms with Crippen LogP contribution in [-0.2, 0) is 4.79 Å². The summed E-state index contributed by atoms with van der Waals surface area (Å²) in [6, 6.07) is 15.7. The van der Waals surface area contributed by atoms with Gasteiger partial charge in [0.2, 0.25) is 0 Å². The second-order valence-corrected chi connectivity index (χ2v) is 5.78. The number of fused-ring (bicyclic) bond motifs is 1. The minimum absolute atomic E-state index is 0.0130. The Kier molecular flexibility index (Phi) is 4.67. The molecule has 22 heavy (non-hydrogen) atoms. The van der Waals surface area contributed by atoms with Crippen molar-refractivity contribution in [3.05, 3.63) is 42.5 Å². The van der Waals surface area contributed by atoms with Crippen molar-refractivity contribution >= 4 is 16.7 Å². The number of hydrogen-bond acceptors (Lipinski definition) is 3. The maximum atomic E-state index is 12.0. The lowest BCUT2D eigenvalue weighted by Gasteiger charge is -2.27. The van der Waals surface area contributed by atoms with E-state index >= 15 is 0 Å². The molecule has 2 aromatic carbocycles. The molecule has 4 nitrogen and oxygen atoms in total. The molecule has 0 aliphatic rings. The first-order chi connectivity index (χ1) is 10.5. The Bertz CT molecular complexity index is 713. The van der Waals surface area contributed by atoms with Crippen molar-refractivity contribution < 1.29 is 9.53 Å². The normalized spacial score (nSPS) is 13.4. The molecule has 1 amide bonds. The standard InChI is InChI=1S/C18H20N2O2/c1-13(2)18(3,12-19)20-17(21)11-22-16-10-6-8-14-7-4-5-9-15(14)16/h4-10,13H,11H2,1-3H3,(H,20,21)/t18-/m1/s1. The van der Waals surface area contributed by atoms with Gasteiger partial charge in [0, 0.05) is 5.39 Å². The molecule has 1 N–H and O–H groups in total. The van der Waals surface area contributed by atoms with Crippen LogP contribution in [0.4, 0.5) is 0 Å². The first-order valence-electron chi connectivity index (χ1n) is 7.29. The van der Waals surface area contributed by atoms with E-state index in [1.165, 1.54) is 0 Å². The summed E-state index contributed by atoms with van der Waals surface area (Å²) in [5.41, 5.74) is -0.890. The van der Waals surface area contributed by atoms with Crippen LogP contribution < -0.4 is 10.1 Å². The third kappa shape index (κ3) is 3.37. The number of nitrogens with one attached hydrogen (secondary N) is 1. The number of nitriles is 1. The molecule has 0 aliphatic carbocycles. The smallest absolute Gasteiger partial charge is 0.259 e. The fourth-order valence-electron chi connectivity index (χ4n) is 2.09. The highest BCUT2D eigenvalue weighted by Gasteiger charge is 2.30. The largest absolute Gasteiger partial charge is 0.483 e. The molecule has 0 bridgehead atoms. The van der Waals surface area contributed by atoms with E-state index in [-0.39, 0.29) is 18.4 Å². The molecule has 0 fully saturated rings. The summed E-state index contributed by atoms with van der Waals surface area (Å²) in [4.78, 5) is 12.0. The van der Waals surface area contributed by atoms with Crippen LogP contribution in [0.15, 0.2) is 42.5 Å². The van der Waals surface area contributed by atoms with Gasteiger partial charge in [-0.25, -0.2) is 0 Å². The van der Waals surface area contributed by atoms with E-state index in [2.05, 4.69) is 11.4 Å². The lowest BCUT2D eigenvalue weighted by atomic mass is 9.90. The van der Waals surface area contributed by atoms with Gasteiger partial charge >= 0.3 is 0 Å². The minimum Gasteiger partial charge on any atom is -0.483 e. The van der Waals surface area contributed by atoms with E-state index in [1.807, 2.05) is 56.3 Å². The second-order valence-electron chi connectivity index (χ2n) is 5.78. The van der Waals surface area contributed by atoms with Crippen LogP contribution >= 0.6 is 0 Å². The van der Waals surface area contributed by atoms with Crippen LogP contribution in [0.25, 0.3) is 10.8 Å². The second kappa shape index (κ2) is 6.48. The zero-order valence-electron chi connectivity index (χ0n) is 13.1. The van der Waals surface area contributed by atoms with E-state index in [4.69, 9.17) is 4.74 Å². The predicted molar refractivity (Wildman–Crippen MR) is 86.4 cm³/mol. The van der Waals surface area contributed by atoms with Gasteiger partial charge in [0.25, 0.3) is 5.91 Å². The summed E-state index contributed by atoms with van der Waals surface area (Å²) in [5, 5.41) is 14.0. The predicted octanol–water partition coefficient (Wildman–Crippen LogP) is 3.27. The molecule has 0 aromatic heterocycles. The third-order valence-electron chi connectivity index (χ3n) is 3.89. The molecule has 1 atom stereocenters. The SMILES string of the molecule is CC(C)[C@@](C)(C#N)NC(=O)COc1cccc2ccccc12. The number of carbonyl (C=O) groups excluding carboxylic acids is 1. The van der Waals surface area contributed by atoms with Crippen molar-refractivity contribution in [3.63, 3.8) is 0 Å².